The van der Waals surface area contributed by atoms with Crippen molar-refractivity contribution in [3.05, 3.63) is 35.9 Å². The van der Waals surface area contributed by atoms with E-state index < -0.39 is 17.8 Å². The molecule has 15 heavy (non-hydrogen) atoms. The summed E-state index contributed by atoms with van der Waals surface area (Å²) in [6.07, 6.45) is -0.881. The van der Waals surface area contributed by atoms with Crippen LogP contribution in [0.3, 0.4) is 0 Å². The standard InChI is InChI=1S/C11H13NO3/c1-2-15-10(9(13)11(12)14)8-6-4-3-5-7-8/h3-7,10H,2H2,1H3,(H2,12,14). The highest BCUT2D eigenvalue weighted by Crippen LogP contribution is 2.17. The molecule has 1 aromatic carbocycles. The van der Waals surface area contributed by atoms with Gasteiger partial charge in [-0.1, -0.05) is 30.3 Å². The number of hydrogen-bond acceptors (Lipinski definition) is 3. The lowest BCUT2D eigenvalue weighted by Crippen LogP contribution is -2.30. The van der Waals surface area contributed by atoms with Gasteiger partial charge >= 0.3 is 0 Å². The molecule has 1 amide bonds. The van der Waals surface area contributed by atoms with E-state index >= 15 is 0 Å². The summed E-state index contributed by atoms with van der Waals surface area (Å²) in [5.41, 5.74) is 5.58. The highest BCUT2D eigenvalue weighted by atomic mass is 16.5. The Kier molecular flexibility index (Phi) is 4.00. The van der Waals surface area contributed by atoms with E-state index in [1.165, 1.54) is 0 Å². The molecule has 0 aliphatic heterocycles. The van der Waals surface area contributed by atoms with Crippen molar-refractivity contribution in [3.8, 4) is 0 Å². The van der Waals surface area contributed by atoms with E-state index in [9.17, 15) is 9.59 Å². The van der Waals surface area contributed by atoms with Crippen LogP contribution >= 0.6 is 0 Å². The van der Waals surface area contributed by atoms with Crippen LogP contribution in [-0.4, -0.2) is 18.3 Å². The number of carbonyl (C=O) groups is 2. The van der Waals surface area contributed by atoms with E-state index in [1.54, 1.807) is 31.2 Å². The first kappa shape index (κ1) is 11.4. The number of ketones is 1. The quantitative estimate of drug-likeness (QED) is 0.726. The van der Waals surface area contributed by atoms with Crippen LogP contribution in [0.15, 0.2) is 30.3 Å². The first-order valence-corrected chi connectivity index (χ1v) is 4.67. The normalized spacial score (nSPS) is 12.1. The van der Waals surface area contributed by atoms with Crippen molar-refractivity contribution in [1.82, 2.24) is 0 Å². The average Bonchev–Trinajstić information content (AvgIpc) is 2.26. The smallest absolute Gasteiger partial charge is 0.288 e. The fourth-order valence-corrected chi connectivity index (χ4v) is 1.25. The van der Waals surface area contributed by atoms with Gasteiger partial charge in [-0.2, -0.15) is 0 Å². The minimum Gasteiger partial charge on any atom is -0.365 e. The van der Waals surface area contributed by atoms with Crippen LogP contribution in [0.1, 0.15) is 18.6 Å². The van der Waals surface area contributed by atoms with Crippen molar-refractivity contribution in [2.24, 2.45) is 5.73 Å². The zero-order valence-corrected chi connectivity index (χ0v) is 8.47. The first-order valence-electron chi connectivity index (χ1n) is 4.67. The minimum atomic E-state index is -0.975. The van der Waals surface area contributed by atoms with Crippen molar-refractivity contribution >= 4 is 11.7 Å². The Morgan fingerprint density at radius 2 is 1.93 bits per heavy atom. The van der Waals surface area contributed by atoms with Crippen LogP contribution in [0.5, 0.6) is 0 Å². The third-order valence-electron chi connectivity index (χ3n) is 1.92. The molecule has 0 aromatic heterocycles. The maximum Gasteiger partial charge on any atom is 0.288 e. The summed E-state index contributed by atoms with van der Waals surface area (Å²) in [6.45, 7) is 2.10. The molecule has 0 fully saturated rings. The van der Waals surface area contributed by atoms with Crippen molar-refractivity contribution in [2.45, 2.75) is 13.0 Å². The van der Waals surface area contributed by atoms with Gasteiger partial charge < -0.3 is 10.5 Å². The van der Waals surface area contributed by atoms with Gasteiger partial charge in [0.15, 0.2) is 6.10 Å². The molecular weight excluding hydrogens is 194 g/mol. The van der Waals surface area contributed by atoms with Gasteiger partial charge in [-0.15, -0.1) is 0 Å². The molecule has 0 aliphatic rings. The lowest BCUT2D eigenvalue weighted by Gasteiger charge is -2.13. The summed E-state index contributed by atoms with van der Waals surface area (Å²) >= 11 is 0. The van der Waals surface area contributed by atoms with Gasteiger partial charge in [-0.05, 0) is 12.5 Å². The molecule has 4 heteroatoms. The van der Waals surface area contributed by atoms with Crippen molar-refractivity contribution in [3.63, 3.8) is 0 Å². The van der Waals surface area contributed by atoms with E-state index in [2.05, 4.69) is 0 Å². The van der Waals surface area contributed by atoms with Crippen molar-refractivity contribution in [2.75, 3.05) is 6.61 Å². The summed E-state index contributed by atoms with van der Waals surface area (Å²) in [6, 6.07) is 8.81. The fourth-order valence-electron chi connectivity index (χ4n) is 1.25. The molecule has 1 unspecified atom stereocenters. The largest absolute Gasteiger partial charge is 0.365 e. The maximum atomic E-state index is 11.4. The molecule has 4 nitrogen and oxygen atoms in total. The average molecular weight is 207 g/mol. The maximum absolute atomic E-state index is 11.4. The van der Waals surface area contributed by atoms with Gasteiger partial charge in [0.1, 0.15) is 0 Å². The zero-order chi connectivity index (χ0) is 11.3. The molecule has 0 bridgehead atoms. The van der Waals surface area contributed by atoms with E-state index in [1.807, 2.05) is 6.07 Å². The molecule has 0 saturated carbocycles. The number of hydrogen-bond donors (Lipinski definition) is 1. The summed E-state index contributed by atoms with van der Waals surface area (Å²) in [7, 11) is 0. The molecule has 1 rings (SSSR count). The van der Waals surface area contributed by atoms with Gasteiger partial charge in [0.2, 0.25) is 0 Å². The van der Waals surface area contributed by atoms with E-state index in [-0.39, 0.29) is 0 Å². The van der Waals surface area contributed by atoms with Crippen LogP contribution in [0, 0.1) is 0 Å². The molecule has 0 saturated heterocycles. The Hall–Kier alpha value is -1.68. The predicted molar refractivity (Wildman–Crippen MR) is 55.0 cm³/mol. The molecule has 0 spiro atoms. The van der Waals surface area contributed by atoms with Crippen LogP contribution in [0.4, 0.5) is 0 Å². The first-order chi connectivity index (χ1) is 7.16. The molecule has 1 atom stereocenters. The Morgan fingerprint density at radius 3 is 2.40 bits per heavy atom. The Morgan fingerprint density at radius 1 is 1.33 bits per heavy atom. The number of benzene rings is 1. The molecule has 2 N–H and O–H groups in total. The van der Waals surface area contributed by atoms with Crippen LogP contribution in [-0.2, 0) is 14.3 Å². The van der Waals surface area contributed by atoms with Crippen LogP contribution < -0.4 is 5.73 Å². The number of carbonyl (C=O) groups excluding carboxylic acids is 2. The molecule has 80 valence electrons. The fraction of sp³-hybridized carbons (Fsp3) is 0.273. The third-order valence-corrected chi connectivity index (χ3v) is 1.92. The van der Waals surface area contributed by atoms with E-state index in [0.717, 1.165) is 0 Å². The number of primary amides is 1. The molecule has 1 aromatic rings. The third kappa shape index (κ3) is 2.89. The summed E-state index contributed by atoms with van der Waals surface area (Å²) in [5, 5.41) is 0. The second-order valence-electron chi connectivity index (χ2n) is 2.97. The number of ether oxygens (including phenoxy) is 1. The Bertz CT molecular complexity index is 348. The lowest BCUT2D eigenvalue weighted by molar-refractivity contribution is -0.143. The highest BCUT2D eigenvalue weighted by Gasteiger charge is 2.24. The second kappa shape index (κ2) is 5.26. The summed E-state index contributed by atoms with van der Waals surface area (Å²) < 4.78 is 5.20. The number of amides is 1. The summed E-state index contributed by atoms with van der Waals surface area (Å²) in [5.74, 6) is -1.69. The topological polar surface area (TPSA) is 69.4 Å². The molecule has 0 aliphatic carbocycles. The summed E-state index contributed by atoms with van der Waals surface area (Å²) in [4.78, 5) is 22.2. The van der Waals surface area contributed by atoms with Gasteiger partial charge in [0, 0.05) is 6.61 Å². The van der Waals surface area contributed by atoms with Crippen LogP contribution in [0.25, 0.3) is 0 Å². The van der Waals surface area contributed by atoms with Crippen LogP contribution in [0.2, 0.25) is 0 Å². The number of nitrogens with two attached hydrogens (primary N) is 1. The Balaban J connectivity index is 2.93. The van der Waals surface area contributed by atoms with Gasteiger partial charge in [-0.25, -0.2) is 0 Å². The predicted octanol–water partition coefficient (Wildman–Crippen LogP) is 0.819. The lowest BCUT2D eigenvalue weighted by atomic mass is 10.1. The van der Waals surface area contributed by atoms with E-state index in [4.69, 9.17) is 10.5 Å². The zero-order valence-electron chi connectivity index (χ0n) is 8.47. The van der Waals surface area contributed by atoms with Gasteiger partial charge in [-0.3, -0.25) is 9.59 Å². The molecular formula is C11H13NO3. The van der Waals surface area contributed by atoms with Gasteiger partial charge in [0.05, 0.1) is 0 Å². The second-order valence-corrected chi connectivity index (χ2v) is 2.97. The molecule has 0 radical (unpaired) electrons. The van der Waals surface area contributed by atoms with E-state index in [0.29, 0.717) is 12.2 Å². The number of Topliss-reactive ketones (excluding diaryl/α,β-unsaturated/α-hetero) is 1. The van der Waals surface area contributed by atoms with Gasteiger partial charge in [0.25, 0.3) is 11.7 Å². The number of rotatable bonds is 5. The molecule has 0 heterocycles. The monoisotopic (exact) mass is 207 g/mol. The minimum absolute atomic E-state index is 0.346. The SMILES string of the molecule is CCOC(C(=O)C(N)=O)c1ccccc1. The van der Waals surface area contributed by atoms with Crippen molar-refractivity contribution < 1.29 is 14.3 Å². The van der Waals surface area contributed by atoms with Crippen molar-refractivity contribution in [1.29, 1.82) is 0 Å². The Labute approximate surface area is 88.0 Å². The highest BCUT2D eigenvalue weighted by molar-refractivity contribution is 6.37.